The molecule has 0 aliphatic rings. The molecule has 128 valence electrons. The maximum atomic E-state index is 11.5. The molecule has 0 saturated heterocycles. The highest BCUT2D eigenvalue weighted by molar-refractivity contribution is 5.82. The fourth-order valence-corrected chi connectivity index (χ4v) is 2.14. The Morgan fingerprint density at radius 2 is 1.83 bits per heavy atom. The summed E-state index contributed by atoms with van der Waals surface area (Å²) < 4.78 is 10.7. The van der Waals surface area contributed by atoms with Gasteiger partial charge in [-0.3, -0.25) is 9.78 Å². The summed E-state index contributed by atoms with van der Waals surface area (Å²) in [4.78, 5) is 15.5. The van der Waals surface area contributed by atoms with Crippen LogP contribution in [0.25, 0.3) is 6.08 Å². The molecular formula is C20H25NO3. The monoisotopic (exact) mass is 327 g/mol. The van der Waals surface area contributed by atoms with E-state index in [-0.39, 0.29) is 5.92 Å². The minimum absolute atomic E-state index is 0.249. The number of rotatable bonds is 9. The highest BCUT2D eigenvalue weighted by Crippen LogP contribution is 2.23. The number of aromatic nitrogens is 1. The topological polar surface area (TPSA) is 48.4 Å². The van der Waals surface area contributed by atoms with E-state index in [1.807, 2.05) is 24.3 Å². The molecule has 0 aliphatic heterocycles. The number of ether oxygens (including phenoxy) is 2. The summed E-state index contributed by atoms with van der Waals surface area (Å²) in [5, 5.41) is 0. The molecule has 0 aromatic carbocycles. The Balaban J connectivity index is 3.18. The van der Waals surface area contributed by atoms with Crippen LogP contribution < -0.4 is 0 Å². The van der Waals surface area contributed by atoms with Crippen LogP contribution >= 0.6 is 0 Å². The van der Waals surface area contributed by atoms with Crippen molar-refractivity contribution in [3.8, 4) is 0 Å². The Kier molecular flexibility index (Phi) is 8.26. The van der Waals surface area contributed by atoms with E-state index < -0.39 is 0 Å². The molecule has 0 atom stereocenters. The zero-order valence-corrected chi connectivity index (χ0v) is 14.8. The summed E-state index contributed by atoms with van der Waals surface area (Å²) >= 11 is 0. The Labute approximate surface area is 144 Å². The lowest BCUT2D eigenvalue weighted by Gasteiger charge is -2.14. The maximum Gasteiger partial charge on any atom is 0.160 e. The molecule has 1 heterocycles. The number of carbonyl (C=O) groups is 1. The van der Waals surface area contributed by atoms with Crippen LogP contribution in [0.1, 0.15) is 25.8 Å². The molecule has 24 heavy (non-hydrogen) atoms. The van der Waals surface area contributed by atoms with E-state index in [9.17, 15) is 4.79 Å². The minimum Gasteiger partial charge on any atom is -0.493 e. The van der Waals surface area contributed by atoms with Crippen molar-refractivity contribution in [2.45, 2.75) is 20.3 Å². The van der Waals surface area contributed by atoms with E-state index >= 15 is 0 Å². The fourth-order valence-electron chi connectivity index (χ4n) is 2.14. The van der Waals surface area contributed by atoms with Gasteiger partial charge in [-0.2, -0.15) is 0 Å². The van der Waals surface area contributed by atoms with Gasteiger partial charge in [0.25, 0.3) is 0 Å². The normalized spacial score (nSPS) is 13.4. The summed E-state index contributed by atoms with van der Waals surface area (Å²) in [5.74, 6) is 1.39. The van der Waals surface area contributed by atoms with Crippen LogP contribution in [0.5, 0.6) is 0 Å². The molecule has 0 radical (unpaired) electrons. The van der Waals surface area contributed by atoms with Gasteiger partial charge in [0.15, 0.2) is 11.5 Å². The van der Waals surface area contributed by atoms with Crippen LogP contribution in [0.15, 0.2) is 65.9 Å². The standard InChI is InChI=1S/C20H25NO3/c1-6-19(23-4)20(24-5)13-18(15(2)3)12-17(14-22)11-16-7-9-21-10-8-16/h6-11,13-15H,1,12H2,2-5H3/b17-11+,18-13-,20-19-. The minimum atomic E-state index is 0.249. The predicted octanol–water partition coefficient (Wildman–Crippen LogP) is 4.33. The number of methoxy groups -OCH3 is 2. The third-order valence-corrected chi connectivity index (χ3v) is 3.54. The molecule has 4 nitrogen and oxygen atoms in total. The third-order valence-electron chi connectivity index (χ3n) is 3.54. The van der Waals surface area contributed by atoms with Gasteiger partial charge >= 0.3 is 0 Å². The van der Waals surface area contributed by atoms with E-state index in [4.69, 9.17) is 9.47 Å². The second-order valence-corrected chi connectivity index (χ2v) is 5.51. The summed E-state index contributed by atoms with van der Waals surface area (Å²) in [6.07, 6.45) is 10.2. The maximum absolute atomic E-state index is 11.5. The molecule has 0 N–H and O–H groups in total. The Bertz CT molecular complexity index is 640. The highest BCUT2D eigenvalue weighted by Gasteiger charge is 2.10. The summed E-state index contributed by atoms with van der Waals surface area (Å²) in [6.45, 7) is 7.88. The van der Waals surface area contributed by atoms with Crippen LogP contribution in [0.4, 0.5) is 0 Å². The van der Waals surface area contributed by atoms with E-state index in [2.05, 4.69) is 25.4 Å². The SMILES string of the molecule is C=C/C(OC)=C(\C=C(\C/C(C=O)=C\c1ccncc1)C(C)C)OC. The number of carbonyl (C=O) groups excluding carboxylic acids is 1. The van der Waals surface area contributed by atoms with Gasteiger partial charge in [-0.15, -0.1) is 0 Å². The van der Waals surface area contributed by atoms with Crippen molar-refractivity contribution >= 4 is 12.4 Å². The van der Waals surface area contributed by atoms with Gasteiger partial charge in [0, 0.05) is 12.4 Å². The second-order valence-electron chi connectivity index (χ2n) is 5.51. The quantitative estimate of drug-likeness (QED) is 0.293. The van der Waals surface area contributed by atoms with Crippen molar-refractivity contribution in [3.63, 3.8) is 0 Å². The summed E-state index contributed by atoms with van der Waals surface area (Å²) in [7, 11) is 3.15. The van der Waals surface area contributed by atoms with Gasteiger partial charge < -0.3 is 9.47 Å². The molecule has 0 saturated carbocycles. The van der Waals surface area contributed by atoms with Crippen molar-refractivity contribution in [3.05, 3.63) is 71.5 Å². The van der Waals surface area contributed by atoms with Crippen LogP contribution in [0.3, 0.4) is 0 Å². The largest absolute Gasteiger partial charge is 0.493 e. The Morgan fingerprint density at radius 3 is 2.29 bits per heavy atom. The van der Waals surface area contributed by atoms with Crippen molar-refractivity contribution in [1.82, 2.24) is 4.98 Å². The molecule has 1 aromatic rings. The number of aldehydes is 1. The lowest BCUT2D eigenvalue weighted by Crippen LogP contribution is -2.01. The molecule has 4 heteroatoms. The van der Waals surface area contributed by atoms with E-state index in [0.717, 1.165) is 17.4 Å². The van der Waals surface area contributed by atoms with Crippen LogP contribution in [-0.2, 0) is 14.3 Å². The van der Waals surface area contributed by atoms with Gasteiger partial charge in [0.1, 0.15) is 6.29 Å². The average Bonchev–Trinajstić information content (AvgIpc) is 2.60. The van der Waals surface area contributed by atoms with Crippen LogP contribution in [0.2, 0.25) is 0 Å². The van der Waals surface area contributed by atoms with E-state index in [1.165, 1.54) is 0 Å². The van der Waals surface area contributed by atoms with Gasteiger partial charge in [0.05, 0.1) is 14.2 Å². The summed E-state index contributed by atoms with van der Waals surface area (Å²) in [6, 6.07) is 3.73. The number of hydrogen-bond acceptors (Lipinski definition) is 4. The zero-order chi connectivity index (χ0) is 17.9. The molecule has 1 aromatic heterocycles. The van der Waals surface area contributed by atoms with Crippen LogP contribution in [0, 0.1) is 5.92 Å². The second kappa shape index (κ2) is 10.2. The number of hydrogen-bond donors (Lipinski definition) is 0. The highest BCUT2D eigenvalue weighted by atomic mass is 16.5. The van der Waals surface area contributed by atoms with Crippen molar-refractivity contribution < 1.29 is 14.3 Å². The van der Waals surface area contributed by atoms with Crippen molar-refractivity contribution in [1.29, 1.82) is 0 Å². The smallest absolute Gasteiger partial charge is 0.160 e. The molecule has 0 unspecified atom stereocenters. The third kappa shape index (κ3) is 5.88. The molecule has 0 aliphatic carbocycles. The number of pyridine rings is 1. The fraction of sp³-hybridized carbons (Fsp3) is 0.300. The predicted molar refractivity (Wildman–Crippen MR) is 97.1 cm³/mol. The van der Waals surface area contributed by atoms with E-state index in [0.29, 0.717) is 23.5 Å². The first-order valence-corrected chi connectivity index (χ1v) is 7.76. The summed E-state index contributed by atoms with van der Waals surface area (Å²) in [5.41, 5.74) is 2.70. The average molecular weight is 327 g/mol. The number of nitrogens with zero attached hydrogens (tertiary/aromatic N) is 1. The van der Waals surface area contributed by atoms with Gasteiger partial charge in [-0.1, -0.05) is 26.0 Å². The Morgan fingerprint density at radius 1 is 1.21 bits per heavy atom. The van der Waals surface area contributed by atoms with E-state index in [1.54, 1.807) is 32.7 Å². The Hall–Kier alpha value is -2.62. The molecule has 0 bridgehead atoms. The number of allylic oxidation sites excluding steroid dienone is 4. The van der Waals surface area contributed by atoms with Crippen molar-refractivity contribution in [2.75, 3.05) is 14.2 Å². The van der Waals surface area contributed by atoms with Crippen LogP contribution in [-0.4, -0.2) is 25.5 Å². The lowest BCUT2D eigenvalue weighted by molar-refractivity contribution is -0.104. The first-order chi connectivity index (χ1) is 11.5. The first kappa shape index (κ1) is 19.4. The zero-order valence-electron chi connectivity index (χ0n) is 14.8. The van der Waals surface area contributed by atoms with Gasteiger partial charge in [-0.25, -0.2) is 0 Å². The molecular weight excluding hydrogens is 302 g/mol. The molecule has 0 amide bonds. The van der Waals surface area contributed by atoms with Crippen molar-refractivity contribution in [2.24, 2.45) is 5.92 Å². The van der Waals surface area contributed by atoms with Gasteiger partial charge in [0.2, 0.25) is 0 Å². The molecule has 0 fully saturated rings. The molecule has 1 rings (SSSR count). The van der Waals surface area contributed by atoms with Gasteiger partial charge in [-0.05, 0) is 53.8 Å². The molecule has 0 spiro atoms. The first-order valence-electron chi connectivity index (χ1n) is 7.76. The lowest BCUT2D eigenvalue weighted by atomic mass is 9.94.